The van der Waals surface area contributed by atoms with Crippen molar-refractivity contribution in [1.82, 2.24) is 26.7 Å². The maximum atomic E-state index is 12.7. The number of nitrogens with one attached hydrogen (secondary N) is 5. The van der Waals surface area contributed by atoms with E-state index in [0.29, 0.717) is 71.7 Å². The number of carbonyl (C=O) groups is 4. The van der Waals surface area contributed by atoms with E-state index in [-0.39, 0.29) is 37.5 Å². The van der Waals surface area contributed by atoms with Crippen molar-refractivity contribution < 1.29 is 66.9 Å². The van der Waals surface area contributed by atoms with Gasteiger partial charge in [-0.05, 0) is 102 Å². The Kier molecular flexibility index (Phi) is 18.2. The Hall–Kier alpha value is -7.10. The van der Waals surface area contributed by atoms with Crippen molar-refractivity contribution in [3.05, 3.63) is 70.8 Å². The standard InChI is InChI=1S/C24H32BN3O7.C22H27N3O7/c1-25(31)27-13-20(29)26-12-21(30)28-18-9-6-14-10-19(33-3)23(34-4)24(35-5)22(14)16-8-7-15(32-2)11-17(16)18;1-28-13-6-7-14-15(10-13)16(24-22(27)32-25-18(26)11-23)8-5-12-9-17(29-2)20(30-3)21(31-4)19(12)14/h7-8,10-11,18,27,31H,6,9,12-13H2,1-5H3,(H,26,29)(H,28,30);6-7,9-10,16H,5,8,11,23H2,1-4H3,(H,24,27)(H,25,26)/t18-;16-/m00/s1. The second kappa shape index (κ2) is 23.9. The molecule has 4 aromatic rings. The summed E-state index contributed by atoms with van der Waals surface area (Å²) in [6.07, 6.45) is 1.58. The highest BCUT2D eigenvalue weighted by Crippen LogP contribution is 2.52. The van der Waals surface area contributed by atoms with E-state index in [1.54, 1.807) is 56.9 Å². The lowest BCUT2D eigenvalue weighted by atomic mass is 9.89. The number of hydrogen-bond acceptors (Lipinski definition) is 16. The van der Waals surface area contributed by atoms with Crippen LogP contribution in [0.4, 0.5) is 4.79 Å². The summed E-state index contributed by atoms with van der Waals surface area (Å²) in [5.41, 5.74) is 14.3. The Balaban J connectivity index is 0.000000252. The van der Waals surface area contributed by atoms with Gasteiger partial charge in [0.1, 0.15) is 11.5 Å². The van der Waals surface area contributed by atoms with Gasteiger partial charge in [-0.15, -0.1) is 0 Å². The van der Waals surface area contributed by atoms with E-state index in [0.717, 1.165) is 44.5 Å². The average molecular weight is 931 g/mol. The molecule has 0 unspecified atom stereocenters. The molecule has 2 atom stereocenters. The van der Waals surface area contributed by atoms with Crippen LogP contribution >= 0.6 is 0 Å². The molecule has 6 rings (SSSR count). The first-order chi connectivity index (χ1) is 32.3. The molecule has 0 fully saturated rings. The summed E-state index contributed by atoms with van der Waals surface area (Å²) in [5.74, 6) is 3.12. The van der Waals surface area contributed by atoms with Crippen molar-refractivity contribution in [1.29, 1.82) is 0 Å². The molecule has 360 valence electrons. The largest absolute Gasteiger partial charge is 0.497 e. The molecular weight excluding hydrogens is 871 g/mol. The number of aryl methyl sites for hydroxylation is 2. The zero-order valence-corrected chi connectivity index (χ0v) is 39.1. The van der Waals surface area contributed by atoms with Crippen molar-refractivity contribution >= 4 is 30.9 Å². The van der Waals surface area contributed by atoms with Crippen molar-refractivity contribution in [3.8, 4) is 68.2 Å². The highest BCUT2D eigenvalue weighted by Gasteiger charge is 2.32. The van der Waals surface area contributed by atoms with Gasteiger partial charge in [0.05, 0.1) is 88.6 Å². The van der Waals surface area contributed by atoms with Crippen LogP contribution in [0.5, 0.6) is 46.0 Å². The Morgan fingerprint density at radius 2 is 1.09 bits per heavy atom. The van der Waals surface area contributed by atoms with Crippen LogP contribution in [0.3, 0.4) is 0 Å². The quantitative estimate of drug-likeness (QED) is 0.0628. The summed E-state index contributed by atoms with van der Waals surface area (Å²) in [6, 6.07) is 14.4. The zero-order valence-electron chi connectivity index (χ0n) is 39.1. The molecule has 2 aliphatic carbocycles. The van der Waals surface area contributed by atoms with E-state index in [1.807, 2.05) is 54.0 Å². The summed E-state index contributed by atoms with van der Waals surface area (Å²) in [5, 5.41) is 20.2. The van der Waals surface area contributed by atoms with Crippen molar-refractivity contribution in [2.75, 3.05) is 76.5 Å². The van der Waals surface area contributed by atoms with Gasteiger partial charge in [-0.2, -0.15) is 5.48 Å². The number of fused-ring (bicyclic) bond motifs is 6. The van der Waals surface area contributed by atoms with E-state index in [2.05, 4.69) is 21.2 Å². The monoisotopic (exact) mass is 930 g/mol. The van der Waals surface area contributed by atoms with Crippen molar-refractivity contribution in [2.45, 2.75) is 44.6 Å². The first-order valence-electron chi connectivity index (χ1n) is 21.2. The topological polar surface area (TPSA) is 258 Å². The molecule has 21 heteroatoms. The van der Waals surface area contributed by atoms with Crippen LogP contribution in [-0.4, -0.2) is 112 Å². The lowest BCUT2D eigenvalue weighted by Crippen LogP contribution is -2.44. The molecule has 2 aliphatic rings. The Labute approximate surface area is 389 Å². The maximum Gasteiger partial charge on any atom is 0.432 e. The number of ether oxygens (including phenoxy) is 8. The molecule has 0 saturated heterocycles. The van der Waals surface area contributed by atoms with Gasteiger partial charge in [-0.25, -0.2) is 4.79 Å². The first kappa shape index (κ1) is 50.9. The fourth-order valence-electron chi connectivity index (χ4n) is 8.02. The van der Waals surface area contributed by atoms with Crippen LogP contribution in [0.2, 0.25) is 6.82 Å². The van der Waals surface area contributed by atoms with E-state index in [4.69, 9.17) is 48.5 Å². The lowest BCUT2D eigenvalue weighted by Gasteiger charge is -2.22. The molecule has 4 aromatic carbocycles. The lowest BCUT2D eigenvalue weighted by molar-refractivity contribution is -0.128. The number of carbonyl (C=O) groups excluding carboxylic acids is 4. The third kappa shape index (κ3) is 12.0. The molecule has 0 saturated carbocycles. The Morgan fingerprint density at radius 1 is 0.612 bits per heavy atom. The molecule has 0 aromatic heterocycles. The summed E-state index contributed by atoms with van der Waals surface area (Å²) < 4.78 is 44.6. The number of hydroxylamine groups is 1. The van der Waals surface area contributed by atoms with Crippen molar-refractivity contribution in [3.63, 3.8) is 0 Å². The molecule has 4 amide bonds. The minimum absolute atomic E-state index is 0.0901. The molecular formula is C46H59BN6O14. The smallest absolute Gasteiger partial charge is 0.432 e. The van der Waals surface area contributed by atoms with Gasteiger partial charge in [-0.3, -0.25) is 14.4 Å². The normalized spacial score (nSPS) is 14.1. The van der Waals surface area contributed by atoms with Gasteiger partial charge < -0.3 is 74.7 Å². The second-order valence-corrected chi connectivity index (χ2v) is 15.1. The van der Waals surface area contributed by atoms with Crippen LogP contribution in [-0.2, 0) is 32.1 Å². The molecule has 0 spiro atoms. The second-order valence-electron chi connectivity index (χ2n) is 15.1. The van der Waals surface area contributed by atoms with Gasteiger partial charge in [-0.1, -0.05) is 12.1 Å². The average Bonchev–Trinajstić information content (AvgIpc) is 3.59. The van der Waals surface area contributed by atoms with Gasteiger partial charge in [0, 0.05) is 11.1 Å². The van der Waals surface area contributed by atoms with Crippen LogP contribution in [0.25, 0.3) is 22.3 Å². The number of nitrogens with two attached hydrogens (primary N) is 1. The number of methoxy groups -OCH3 is 8. The summed E-state index contributed by atoms with van der Waals surface area (Å²) in [7, 11) is 11.7. The number of amides is 4. The van der Waals surface area contributed by atoms with Crippen molar-refractivity contribution in [2.24, 2.45) is 5.73 Å². The number of benzene rings is 4. The number of hydrogen-bond donors (Lipinski definition) is 7. The minimum Gasteiger partial charge on any atom is -0.497 e. The van der Waals surface area contributed by atoms with Crippen LogP contribution < -0.4 is 70.3 Å². The van der Waals surface area contributed by atoms with E-state index in [9.17, 15) is 24.2 Å². The maximum absolute atomic E-state index is 12.7. The summed E-state index contributed by atoms with van der Waals surface area (Å²) in [4.78, 5) is 53.0. The molecule has 0 aliphatic heterocycles. The minimum atomic E-state index is -0.817. The van der Waals surface area contributed by atoms with Crippen LogP contribution in [0.1, 0.15) is 47.2 Å². The van der Waals surface area contributed by atoms with Gasteiger partial charge >= 0.3 is 13.1 Å². The van der Waals surface area contributed by atoms with Crippen LogP contribution in [0, 0.1) is 0 Å². The molecule has 67 heavy (non-hydrogen) atoms. The van der Waals surface area contributed by atoms with Gasteiger partial charge in [0.25, 0.3) is 5.91 Å². The Bertz CT molecular complexity index is 2420. The van der Waals surface area contributed by atoms with Gasteiger partial charge in [0.15, 0.2) is 23.0 Å². The van der Waals surface area contributed by atoms with E-state index < -0.39 is 25.1 Å². The predicted octanol–water partition coefficient (Wildman–Crippen LogP) is 3.40. The fraction of sp³-hybridized carbons (Fsp3) is 0.391. The zero-order chi connectivity index (χ0) is 48.8. The molecule has 0 heterocycles. The summed E-state index contributed by atoms with van der Waals surface area (Å²) in [6.45, 7) is 0.937. The van der Waals surface area contributed by atoms with E-state index in [1.165, 1.54) is 6.82 Å². The molecule has 20 nitrogen and oxygen atoms in total. The third-order valence-corrected chi connectivity index (χ3v) is 11.1. The molecule has 8 N–H and O–H groups in total. The first-order valence-corrected chi connectivity index (χ1v) is 21.2. The molecule has 0 radical (unpaired) electrons. The third-order valence-electron chi connectivity index (χ3n) is 11.1. The Morgan fingerprint density at radius 3 is 1.51 bits per heavy atom. The van der Waals surface area contributed by atoms with E-state index >= 15 is 0 Å². The summed E-state index contributed by atoms with van der Waals surface area (Å²) >= 11 is 0. The fourth-order valence-corrected chi connectivity index (χ4v) is 8.02. The van der Waals surface area contributed by atoms with Gasteiger partial charge in [0.2, 0.25) is 23.3 Å². The SMILES string of the molecule is COc1ccc2c(c1)[C@@H](NC(=O)CNC(=O)CNB(C)O)CCc1cc(OC)c(OC)c(OC)c1-2.COc1ccc2c(c1)[C@@H](NC(=O)ONC(=O)CN)CCc1cc(OC)c(OC)c(OC)c1-2. The number of rotatable bonds is 16. The van der Waals surface area contributed by atoms with Crippen LogP contribution in [0.15, 0.2) is 48.5 Å². The predicted molar refractivity (Wildman–Crippen MR) is 248 cm³/mol. The highest BCUT2D eigenvalue weighted by atomic mass is 16.7. The molecule has 0 bridgehead atoms. The highest BCUT2D eigenvalue weighted by molar-refractivity contribution is 6.45.